The largest absolute Gasteiger partial charge is 0.461 e. The quantitative estimate of drug-likeness (QED) is 0.519. The summed E-state index contributed by atoms with van der Waals surface area (Å²) in [5.74, 6) is 0.956. The number of nitro groups is 1. The van der Waals surface area contributed by atoms with Crippen LogP contribution in [0.25, 0.3) is 11.6 Å². The molecule has 0 aliphatic heterocycles. The summed E-state index contributed by atoms with van der Waals surface area (Å²) in [6.07, 6.45) is 1.49. The number of sulfonamides is 1. The lowest BCUT2D eigenvalue weighted by atomic mass is 10.3. The fraction of sp³-hybridized carbons (Fsp3) is 0.0769. The molecule has 0 spiro atoms. The minimum Gasteiger partial charge on any atom is -0.461 e. The predicted molar refractivity (Wildman–Crippen MR) is 87.3 cm³/mol. The van der Waals surface area contributed by atoms with Crippen LogP contribution in [0.15, 0.2) is 56.0 Å². The lowest BCUT2D eigenvalue weighted by Crippen LogP contribution is -2.12. The molecule has 1 aromatic carbocycles. The number of rotatable bonds is 5. The van der Waals surface area contributed by atoms with E-state index in [0.29, 0.717) is 16.7 Å². The molecule has 130 valence electrons. The summed E-state index contributed by atoms with van der Waals surface area (Å²) < 4.78 is 29.6. The van der Waals surface area contributed by atoms with Gasteiger partial charge in [-0.2, -0.15) is 0 Å². The number of furan rings is 1. The molecule has 0 radical (unpaired) electrons. The third kappa shape index (κ3) is 3.40. The van der Waals surface area contributed by atoms with Crippen molar-refractivity contribution in [2.45, 2.75) is 14.9 Å². The number of aromatic nitrogens is 3. The molecule has 2 aromatic heterocycles. The maximum absolute atomic E-state index is 11.4. The Bertz CT molecular complexity index is 1040. The first-order chi connectivity index (χ1) is 11.8. The molecule has 25 heavy (non-hydrogen) atoms. The molecular formula is C13H11N5O5S2. The van der Waals surface area contributed by atoms with Crippen LogP contribution in [0.4, 0.5) is 5.69 Å². The van der Waals surface area contributed by atoms with E-state index in [0.717, 1.165) is 17.8 Å². The van der Waals surface area contributed by atoms with E-state index in [1.54, 1.807) is 23.7 Å². The lowest BCUT2D eigenvalue weighted by molar-refractivity contribution is -0.388. The highest BCUT2D eigenvalue weighted by Gasteiger charge is 2.22. The van der Waals surface area contributed by atoms with Crippen LogP contribution in [0.1, 0.15) is 0 Å². The molecule has 0 unspecified atom stereocenters. The van der Waals surface area contributed by atoms with Crippen molar-refractivity contribution < 1.29 is 17.8 Å². The SMILES string of the molecule is Cn1c(Sc2ccc(S(N)(=O)=O)cc2[N+](=O)[O-])nnc1-c1ccco1. The summed E-state index contributed by atoms with van der Waals surface area (Å²) >= 11 is 0.977. The van der Waals surface area contributed by atoms with Crippen LogP contribution < -0.4 is 5.14 Å². The summed E-state index contributed by atoms with van der Waals surface area (Å²) in [5.41, 5.74) is -0.390. The highest BCUT2D eigenvalue weighted by atomic mass is 32.2. The summed E-state index contributed by atoms with van der Waals surface area (Å²) in [5, 5.41) is 24.6. The van der Waals surface area contributed by atoms with Gasteiger partial charge in [-0.15, -0.1) is 10.2 Å². The van der Waals surface area contributed by atoms with Gasteiger partial charge < -0.3 is 8.98 Å². The van der Waals surface area contributed by atoms with Crippen LogP contribution in [-0.2, 0) is 17.1 Å². The van der Waals surface area contributed by atoms with Gasteiger partial charge in [0, 0.05) is 13.1 Å². The van der Waals surface area contributed by atoms with Gasteiger partial charge in [0.05, 0.1) is 21.0 Å². The first-order valence-corrected chi connectivity index (χ1v) is 9.06. The maximum Gasteiger partial charge on any atom is 0.284 e. The van der Waals surface area contributed by atoms with Crippen molar-refractivity contribution in [3.8, 4) is 11.6 Å². The second-order valence-electron chi connectivity index (χ2n) is 4.88. The molecule has 0 bridgehead atoms. The summed E-state index contributed by atoms with van der Waals surface area (Å²) in [4.78, 5) is 10.5. The smallest absolute Gasteiger partial charge is 0.284 e. The fourth-order valence-electron chi connectivity index (χ4n) is 2.03. The first kappa shape index (κ1) is 17.1. The number of benzene rings is 1. The molecule has 2 N–H and O–H groups in total. The first-order valence-electron chi connectivity index (χ1n) is 6.70. The number of primary sulfonamides is 1. The van der Waals surface area contributed by atoms with Crippen molar-refractivity contribution in [1.29, 1.82) is 0 Å². The van der Waals surface area contributed by atoms with E-state index in [2.05, 4.69) is 10.2 Å². The van der Waals surface area contributed by atoms with Gasteiger partial charge in [0.25, 0.3) is 5.69 Å². The zero-order chi connectivity index (χ0) is 18.2. The molecule has 0 aliphatic rings. The highest BCUT2D eigenvalue weighted by Crippen LogP contribution is 2.36. The second kappa shape index (κ2) is 6.31. The molecule has 0 saturated heterocycles. The van der Waals surface area contributed by atoms with Gasteiger partial charge in [0.2, 0.25) is 10.0 Å². The molecule has 10 nitrogen and oxygen atoms in total. The molecule has 0 saturated carbocycles. The van der Waals surface area contributed by atoms with Crippen LogP contribution in [0.2, 0.25) is 0 Å². The number of nitrogens with zero attached hydrogens (tertiary/aromatic N) is 4. The Kier molecular flexibility index (Phi) is 4.32. The van der Waals surface area contributed by atoms with Gasteiger partial charge in [-0.25, -0.2) is 13.6 Å². The van der Waals surface area contributed by atoms with Crippen molar-refractivity contribution >= 4 is 27.5 Å². The van der Waals surface area contributed by atoms with Gasteiger partial charge in [-0.3, -0.25) is 10.1 Å². The molecule has 3 rings (SSSR count). The number of hydrogen-bond donors (Lipinski definition) is 1. The van der Waals surface area contributed by atoms with E-state index >= 15 is 0 Å². The number of nitrogens with two attached hydrogens (primary N) is 1. The number of nitro benzene ring substituents is 1. The topological polar surface area (TPSA) is 147 Å². The van der Waals surface area contributed by atoms with Crippen molar-refractivity contribution in [2.75, 3.05) is 0 Å². The van der Waals surface area contributed by atoms with E-state index in [1.807, 2.05) is 0 Å². The Hall–Kier alpha value is -2.70. The lowest BCUT2D eigenvalue weighted by Gasteiger charge is -2.05. The summed E-state index contributed by atoms with van der Waals surface area (Å²) in [6, 6.07) is 6.84. The summed E-state index contributed by atoms with van der Waals surface area (Å²) in [6.45, 7) is 0. The van der Waals surface area contributed by atoms with Crippen LogP contribution in [0.3, 0.4) is 0 Å². The minimum atomic E-state index is -4.04. The molecule has 3 aromatic rings. The third-order valence-electron chi connectivity index (χ3n) is 3.23. The Balaban J connectivity index is 2.00. The fourth-order valence-corrected chi connectivity index (χ4v) is 3.44. The van der Waals surface area contributed by atoms with Crippen LogP contribution in [0.5, 0.6) is 0 Å². The zero-order valence-corrected chi connectivity index (χ0v) is 14.3. The van der Waals surface area contributed by atoms with E-state index in [1.165, 1.54) is 18.4 Å². The van der Waals surface area contributed by atoms with Crippen LogP contribution in [-0.4, -0.2) is 28.1 Å². The molecule has 0 atom stereocenters. The molecule has 0 amide bonds. The Morgan fingerprint density at radius 2 is 2.08 bits per heavy atom. The highest BCUT2D eigenvalue weighted by molar-refractivity contribution is 7.99. The van der Waals surface area contributed by atoms with Gasteiger partial charge in [0.15, 0.2) is 16.7 Å². The van der Waals surface area contributed by atoms with Gasteiger partial charge >= 0.3 is 0 Å². The van der Waals surface area contributed by atoms with Crippen molar-refractivity contribution in [3.63, 3.8) is 0 Å². The minimum absolute atomic E-state index is 0.207. The second-order valence-corrected chi connectivity index (χ2v) is 7.45. The van der Waals surface area contributed by atoms with Gasteiger partial charge in [0.1, 0.15) is 0 Å². The van der Waals surface area contributed by atoms with E-state index in [4.69, 9.17) is 9.56 Å². The van der Waals surface area contributed by atoms with Gasteiger partial charge in [-0.1, -0.05) is 0 Å². The van der Waals surface area contributed by atoms with Crippen molar-refractivity contribution in [2.24, 2.45) is 12.2 Å². The molecule has 0 fully saturated rings. The zero-order valence-electron chi connectivity index (χ0n) is 12.7. The molecule has 12 heteroatoms. The molecular weight excluding hydrogens is 370 g/mol. The predicted octanol–water partition coefficient (Wildman–Crippen LogP) is 1.78. The maximum atomic E-state index is 11.4. The Labute approximate surface area is 145 Å². The summed E-state index contributed by atoms with van der Waals surface area (Å²) in [7, 11) is -2.36. The van der Waals surface area contributed by atoms with Crippen LogP contribution >= 0.6 is 11.8 Å². The third-order valence-corrected chi connectivity index (χ3v) is 5.25. The standard InChI is InChI=1S/C13H11N5O5S2/c1-17-12(10-3-2-6-23-10)15-16-13(17)24-11-5-4-8(25(14,21)22)7-9(11)18(19)20/h2-7H,1H3,(H2,14,21,22). The Morgan fingerprint density at radius 3 is 2.68 bits per heavy atom. The average Bonchev–Trinajstić information content (AvgIpc) is 3.17. The van der Waals surface area contributed by atoms with E-state index in [9.17, 15) is 18.5 Å². The Morgan fingerprint density at radius 1 is 1.32 bits per heavy atom. The van der Waals surface area contributed by atoms with Crippen molar-refractivity contribution in [3.05, 3.63) is 46.7 Å². The molecule has 2 heterocycles. The van der Waals surface area contributed by atoms with Gasteiger partial charge in [-0.05, 0) is 36.0 Å². The normalized spacial score (nSPS) is 11.6. The van der Waals surface area contributed by atoms with E-state index < -0.39 is 14.9 Å². The molecule has 0 aliphatic carbocycles. The van der Waals surface area contributed by atoms with E-state index in [-0.39, 0.29) is 15.5 Å². The van der Waals surface area contributed by atoms with Crippen LogP contribution in [0, 0.1) is 10.1 Å². The monoisotopic (exact) mass is 381 g/mol. The van der Waals surface area contributed by atoms with Crippen molar-refractivity contribution in [1.82, 2.24) is 14.8 Å². The average molecular weight is 381 g/mol. The number of hydrogen-bond acceptors (Lipinski definition) is 8.